The van der Waals surface area contributed by atoms with Crippen LogP contribution in [0.1, 0.15) is 25.1 Å². The molecule has 0 amide bonds. The number of thioether (sulfide) groups is 1. The third-order valence-corrected chi connectivity index (χ3v) is 4.64. The summed E-state index contributed by atoms with van der Waals surface area (Å²) in [5.74, 6) is 2.76. The molecule has 0 aromatic carbocycles. The SMILES string of the molecule is CCCn1ncc(OC)c1C(O)C1CSCCN1C. The molecule has 0 bridgehead atoms. The molecule has 0 radical (unpaired) electrons. The first-order chi connectivity index (χ1) is 9.19. The highest BCUT2D eigenvalue weighted by atomic mass is 32.2. The zero-order valence-electron chi connectivity index (χ0n) is 11.9. The van der Waals surface area contributed by atoms with Gasteiger partial charge >= 0.3 is 0 Å². The maximum atomic E-state index is 10.7. The van der Waals surface area contributed by atoms with Gasteiger partial charge in [0.25, 0.3) is 0 Å². The molecule has 1 fully saturated rings. The van der Waals surface area contributed by atoms with Crippen LogP contribution in [0.5, 0.6) is 5.75 Å². The third kappa shape index (κ3) is 3.07. The summed E-state index contributed by atoms with van der Waals surface area (Å²) in [4.78, 5) is 2.23. The van der Waals surface area contributed by atoms with E-state index in [1.165, 1.54) is 0 Å². The zero-order valence-corrected chi connectivity index (χ0v) is 12.7. The van der Waals surface area contributed by atoms with Crippen molar-refractivity contribution in [3.05, 3.63) is 11.9 Å². The van der Waals surface area contributed by atoms with E-state index >= 15 is 0 Å². The molecular weight excluding hydrogens is 262 g/mol. The van der Waals surface area contributed by atoms with E-state index in [4.69, 9.17) is 4.74 Å². The lowest BCUT2D eigenvalue weighted by Gasteiger charge is -2.35. The van der Waals surface area contributed by atoms with Crippen molar-refractivity contribution in [1.82, 2.24) is 14.7 Å². The van der Waals surface area contributed by atoms with Gasteiger partial charge in [0.05, 0.1) is 19.3 Å². The van der Waals surface area contributed by atoms with E-state index in [0.29, 0.717) is 5.75 Å². The Morgan fingerprint density at radius 3 is 3.05 bits per heavy atom. The molecule has 2 heterocycles. The monoisotopic (exact) mass is 285 g/mol. The van der Waals surface area contributed by atoms with E-state index in [9.17, 15) is 5.11 Å². The van der Waals surface area contributed by atoms with Gasteiger partial charge < -0.3 is 9.84 Å². The first-order valence-corrected chi connectivity index (χ1v) is 7.90. The van der Waals surface area contributed by atoms with Crippen molar-refractivity contribution in [3.63, 3.8) is 0 Å². The van der Waals surface area contributed by atoms with Crippen molar-refractivity contribution in [2.24, 2.45) is 0 Å². The van der Waals surface area contributed by atoms with Crippen LogP contribution >= 0.6 is 11.8 Å². The van der Waals surface area contributed by atoms with Crippen LogP contribution in [0.15, 0.2) is 6.20 Å². The highest BCUT2D eigenvalue weighted by molar-refractivity contribution is 7.99. The Balaban J connectivity index is 2.25. The van der Waals surface area contributed by atoms with Crippen LogP contribution in [0.4, 0.5) is 0 Å². The number of aliphatic hydroxyl groups is 1. The highest BCUT2D eigenvalue weighted by Crippen LogP contribution is 2.32. The van der Waals surface area contributed by atoms with Gasteiger partial charge in [-0.05, 0) is 13.5 Å². The van der Waals surface area contributed by atoms with E-state index in [1.807, 2.05) is 16.4 Å². The summed E-state index contributed by atoms with van der Waals surface area (Å²) in [6.45, 7) is 3.92. The Labute approximate surface area is 118 Å². The molecule has 1 aliphatic rings. The number of ether oxygens (including phenoxy) is 1. The largest absolute Gasteiger partial charge is 0.493 e. The fraction of sp³-hybridized carbons (Fsp3) is 0.769. The Morgan fingerprint density at radius 2 is 2.42 bits per heavy atom. The van der Waals surface area contributed by atoms with Gasteiger partial charge in [0.1, 0.15) is 11.8 Å². The number of nitrogens with zero attached hydrogens (tertiary/aromatic N) is 3. The predicted molar refractivity (Wildman–Crippen MR) is 77.8 cm³/mol. The number of aromatic nitrogens is 2. The third-order valence-electron chi connectivity index (χ3n) is 3.59. The topological polar surface area (TPSA) is 50.5 Å². The van der Waals surface area contributed by atoms with Gasteiger partial charge in [0, 0.05) is 24.6 Å². The second-order valence-electron chi connectivity index (χ2n) is 4.89. The summed E-state index contributed by atoms with van der Waals surface area (Å²) >= 11 is 1.89. The fourth-order valence-corrected chi connectivity index (χ4v) is 3.71. The molecule has 2 unspecified atom stereocenters. The fourth-order valence-electron chi connectivity index (χ4n) is 2.44. The second-order valence-corrected chi connectivity index (χ2v) is 6.04. The van der Waals surface area contributed by atoms with Crippen LogP contribution in [0.2, 0.25) is 0 Å². The molecule has 0 spiro atoms. The van der Waals surface area contributed by atoms with Crippen LogP contribution in [-0.2, 0) is 6.54 Å². The Kier molecular flexibility index (Phi) is 5.13. The lowest BCUT2D eigenvalue weighted by Crippen LogP contribution is -2.43. The zero-order chi connectivity index (χ0) is 13.8. The molecule has 2 rings (SSSR count). The van der Waals surface area contributed by atoms with E-state index in [0.717, 1.165) is 36.7 Å². The van der Waals surface area contributed by atoms with E-state index in [2.05, 4.69) is 24.0 Å². The summed E-state index contributed by atoms with van der Waals surface area (Å²) < 4.78 is 7.22. The Morgan fingerprint density at radius 1 is 1.63 bits per heavy atom. The molecule has 2 atom stereocenters. The lowest BCUT2D eigenvalue weighted by atomic mass is 10.1. The molecule has 1 aromatic heterocycles. The van der Waals surface area contributed by atoms with Gasteiger partial charge in [-0.15, -0.1) is 0 Å². The summed E-state index contributed by atoms with van der Waals surface area (Å²) in [5, 5.41) is 15.1. The molecule has 19 heavy (non-hydrogen) atoms. The standard InChI is InChI=1S/C13H23N3O2S/c1-4-5-16-12(11(18-3)8-14-16)13(17)10-9-19-7-6-15(10)2/h8,10,13,17H,4-7,9H2,1-3H3. The number of aliphatic hydroxyl groups excluding tert-OH is 1. The Bertz CT molecular complexity index is 411. The summed E-state index contributed by atoms with van der Waals surface area (Å²) in [5.41, 5.74) is 0.809. The van der Waals surface area contributed by atoms with Crippen LogP contribution in [0, 0.1) is 0 Å². The average Bonchev–Trinajstić information content (AvgIpc) is 2.82. The normalized spacial score (nSPS) is 22.4. The van der Waals surface area contributed by atoms with Gasteiger partial charge in [-0.25, -0.2) is 0 Å². The molecule has 6 heteroatoms. The number of hydrogen-bond donors (Lipinski definition) is 1. The van der Waals surface area contributed by atoms with E-state index in [-0.39, 0.29) is 6.04 Å². The first kappa shape index (κ1) is 14.7. The first-order valence-electron chi connectivity index (χ1n) is 6.74. The molecule has 0 aliphatic carbocycles. The van der Waals surface area contributed by atoms with Crippen molar-refractivity contribution in [2.45, 2.75) is 32.0 Å². The average molecular weight is 285 g/mol. The second kappa shape index (κ2) is 6.63. The quantitative estimate of drug-likeness (QED) is 0.886. The highest BCUT2D eigenvalue weighted by Gasteiger charge is 2.32. The van der Waals surface area contributed by atoms with Crippen molar-refractivity contribution in [3.8, 4) is 5.75 Å². The van der Waals surface area contributed by atoms with Crippen molar-refractivity contribution < 1.29 is 9.84 Å². The van der Waals surface area contributed by atoms with Crippen LogP contribution in [0.3, 0.4) is 0 Å². The predicted octanol–water partition coefficient (Wildman–Crippen LogP) is 1.38. The van der Waals surface area contributed by atoms with Crippen LogP contribution in [-0.4, -0.2) is 58.0 Å². The number of rotatable bonds is 5. The summed E-state index contributed by atoms with van der Waals surface area (Å²) in [6, 6.07) is 0.125. The molecule has 1 saturated heterocycles. The minimum absolute atomic E-state index is 0.125. The van der Waals surface area contributed by atoms with Gasteiger partial charge in [-0.1, -0.05) is 6.92 Å². The summed E-state index contributed by atoms with van der Waals surface area (Å²) in [7, 11) is 3.70. The van der Waals surface area contributed by atoms with Crippen LogP contribution < -0.4 is 4.74 Å². The van der Waals surface area contributed by atoms with Crippen LogP contribution in [0.25, 0.3) is 0 Å². The maximum absolute atomic E-state index is 10.7. The number of methoxy groups -OCH3 is 1. The number of aryl methyl sites for hydroxylation is 1. The van der Waals surface area contributed by atoms with Gasteiger partial charge in [-0.3, -0.25) is 9.58 Å². The van der Waals surface area contributed by atoms with Gasteiger partial charge in [-0.2, -0.15) is 16.9 Å². The molecule has 1 N–H and O–H groups in total. The van der Waals surface area contributed by atoms with Gasteiger partial charge in [0.15, 0.2) is 5.75 Å². The maximum Gasteiger partial charge on any atom is 0.162 e. The van der Waals surface area contributed by atoms with E-state index < -0.39 is 6.10 Å². The lowest BCUT2D eigenvalue weighted by molar-refractivity contribution is 0.0667. The van der Waals surface area contributed by atoms with Crippen molar-refractivity contribution in [2.75, 3.05) is 32.2 Å². The smallest absolute Gasteiger partial charge is 0.162 e. The minimum atomic E-state index is -0.554. The number of hydrogen-bond acceptors (Lipinski definition) is 5. The molecule has 108 valence electrons. The summed E-state index contributed by atoms with van der Waals surface area (Å²) in [6.07, 6.45) is 2.13. The molecule has 5 nitrogen and oxygen atoms in total. The Hall–Kier alpha value is -0.720. The molecule has 0 saturated carbocycles. The van der Waals surface area contributed by atoms with E-state index in [1.54, 1.807) is 13.3 Å². The molecular formula is C13H23N3O2S. The van der Waals surface area contributed by atoms with Gasteiger partial charge in [0.2, 0.25) is 0 Å². The minimum Gasteiger partial charge on any atom is -0.493 e. The van der Waals surface area contributed by atoms with Crippen molar-refractivity contribution in [1.29, 1.82) is 0 Å². The number of likely N-dealkylation sites (N-methyl/N-ethyl adjacent to an activating group) is 1. The van der Waals surface area contributed by atoms with Crippen molar-refractivity contribution >= 4 is 11.8 Å². The molecule has 1 aliphatic heterocycles. The molecule has 1 aromatic rings.